The number of hydrogen-bond acceptors (Lipinski definition) is 1. The number of fused-ring (bicyclic) bond motifs is 2. The van der Waals surface area contributed by atoms with Gasteiger partial charge in [0, 0.05) is 5.56 Å². The third kappa shape index (κ3) is 3.45. The van der Waals surface area contributed by atoms with Crippen molar-refractivity contribution in [1.29, 1.82) is 0 Å². The summed E-state index contributed by atoms with van der Waals surface area (Å²) in [6, 6.07) is 17.5. The Morgan fingerprint density at radius 2 is 1.65 bits per heavy atom. The predicted octanol–water partition coefficient (Wildman–Crippen LogP) is 6.57. The summed E-state index contributed by atoms with van der Waals surface area (Å²) < 4.78 is 6.80. The van der Waals surface area contributed by atoms with Gasteiger partial charge in [0.25, 0.3) is 0 Å². The summed E-state index contributed by atoms with van der Waals surface area (Å²) in [5.74, 6) is 3.14. The van der Waals surface area contributed by atoms with Gasteiger partial charge in [-0.1, -0.05) is 75.7 Å². The maximum absolute atomic E-state index is 6.80. The molecule has 0 N–H and O–H groups in total. The number of hydrogen-bond donors (Lipinski definition) is 0. The minimum atomic E-state index is 0.323. The molecule has 0 heterocycles. The molecule has 0 saturated heterocycles. The number of rotatable bonds is 3. The van der Waals surface area contributed by atoms with Gasteiger partial charge in [0.2, 0.25) is 0 Å². The lowest BCUT2D eigenvalue weighted by Crippen LogP contribution is -2.34. The van der Waals surface area contributed by atoms with Crippen LogP contribution < -0.4 is 0 Å². The van der Waals surface area contributed by atoms with Crippen molar-refractivity contribution in [3.05, 3.63) is 70.8 Å². The van der Waals surface area contributed by atoms with E-state index in [0.29, 0.717) is 17.9 Å². The van der Waals surface area contributed by atoms with Crippen LogP contribution in [0.1, 0.15) is 62.3 Å². The third-order valence-electron chi connectivity index (χ3n) is 6.25. The first-order valence-corrected chi connectivity index (χ1v) is 10.2. The molecule has 3 atom stereocenters. The minimum absolute atomic E-state index is 0.323. The molecule has 0 aromatic heterocycles. The van der Waals surface area contributed by atoms with E-state index in [1.807, 2.05) is 0 Å². The molecule has 136 valence electrons. The fourth-order valence-electron chi connectivity index (χ4n) is 4.69. The smallest absolute Gasteiger partial charge is 0.127 e. The van der Waals surface area contributed by atoms with E-state index in [9.17, 15) is 0 Å². The van der Waals surface area contributed by atoms with E-state index in [2.05, 4.69) is 75.4 Å². The van der Waals surface area contributed by atoms with Crippen LogP contribution in [-0.2, 0) is 11.2 Å². The van der Waals surface area contributed by atoms with E-state index in [4.69, 9.17) is 4.74 Å². The lowest BCUT2D eigenvalue weighted by Gasteiger charge is -2.38. The fraction of sp³-hybridized carbons (Fsp3) is 0.440. The Bertz CT molecular complexity index is 801. The zero-order chi connectivity index (χ0) is 18.1. The fourth-order valence-corrected chi connectivity index (χ4v) is 4.69. The molecule has 3 unspecified atom stereocenters. The molecule has 26 heavy (non-hydrogen) atoms. The normalized spacial score (nSPS) is 25.1. The predicted molar refractivity (Wildman–Crippen MR) is 110 cm³/mol. The van der Waals surface area contributed by atoms with Gasteiger partial charge in [-0.15, -0.1) is 0 Å². The van der Waals surface area contributed by atoms with E-state index in [1.54, 1.807) is 0 Å². The molecule has 2 aromatic rings. The topological polar surface area (TPSA) is 9.23 Å². The highest BCUT2D eigenvalue weighted by Crippen LogP contribution is 2.39. The molecule has 2 aromatic carbocycles. The van der Waals surface area contributed by atoms with Gasteiger partial charge in [-0.2, -0.15) is 0 Å². The molecule has 1 saturated carbocycles. The van der Waals surface area contributed by atoms with Crippen LogP contribution in [0.15, 0.2) is 48.5 Å². The summed E-state index contributed by atoms with van der Waals surface area (Å²) in [6.45, 7) is 7.07. The summed E-state index contributed by atoms with van der Waals surface area (Å²) >= 11 is 0. The van der Waals surface area contributed by atoms with Crippen molar-refractivity contribution in [3.8, 4) is 0 Å². The van der Waals surface area contributed by atoms with Gasteiger partial charge in [0.1, 0.15) is 11.9 Å². The van der Waals surface area contributed by atoms with Gasteiger partial charge in [0.15, 0.2) is 0 Å². The molecule has 0 bridgehead atoms. The van der Waals surface area contributed by atoms with Crippen molar-refractivity contribution in [3.63, 3.8) is 0 Å². The van der Waals surface area contributed by atoms with E-state index in [1.165, 1.54) is 41.5 Å². The van der Waals surface area contributed by atoms with Crippen molar-refractivity contribution in [2.75, 3.05) is 0 Å². The van der Waals surface area contributed by atoms with Gasteiger partial charge < -0.3 is 4.74 Å². The van der Waals surface area contributed by atoms with Crippen LogP contribution >= 0.6 is 0 Å². The second-order valence-corrected chi connectivity index (χ2v) is 8.52. The molecule has 0 amide bonds. The largest absolute Gasteiger partial charge is 0.489 e. The Morgan fingerprint density at radius 1 is 0.923 bits per heavy atom. The molecular formula is C25H30O. The lowest BCUT2D eigenvalue weighted by atomic mass is 9.75. The average Bonchev–Trinajstić information content (AvgIpc) is 2.78. The molecule has 2 aliphatic rings. The van der Waals surface area contributed by atoms with Crippen molar-refractivity contribution < 1.29 is 4.74 Å². The van der Waals surface area contributed by atoms with E-state index >= 15 is 0 Å². The summed E-state index contributed by atoms with van der Waals surface area (Å²) in [4.78, 5) is 0. The average molecular weight is 347 g/mol. The second kappa shape index (κ2) is 7.31. The van der Waals surface area contributed by atoms with Gasteiger partial charge in [-0.05, 0) is 59.8 Å². The highest BCUT2D eigenvalue weighted by atomic mass is 16.5. The summed E-state index contributed by atoms with van der Waals surface area (Å²) in [5.41, 5.74) is 5.32. The first kappa shape index (κ1) is 17.4. The van der Waals surface area contributed by atoms with Gasteiger partial charge in [0.05, 0.1) is 0 Å². The van der Waals surface area contributed by atoms with Crippen LogP contribution in [0.4, 0.5) is 0 Å². The Labute approximate surface area is 158 Å². The molecule has 2 aliphatic carbocycles. The molecular weight excluding hydrogens is 316 g/mol. The molecule has 4 rings (SSSR count). The van der Waals surface area contributed by atoms with Crippen molar-refractivity contribution in [2.24, 2.45) is 17.8 Å². The molecule has 0 spiro atoms. The van der Waals surface area contributed by atoms with Crippen molar-refractivity contribution >= 4 is 11.8 Å². The summed E-state index contributed by atoms with van der Waals surface area (Å²) in [7, 11) is 0. The Hall–Kier alpha value is -2.02. The highest BCUT2D eigenvalue weighted by molar-refractivity contribution is 5.82. The maximum Gasteiger partial charge on any atom is 0.127 e. The Kier molecular flexibility index (Phi) is 4.89. The van der Waals surface area contributed by atoms with Gasteiger partial charge in [-0.3, -0.25) is 0 Å². The molecule has 1 heteroatoms. The zero-order valence-electron chi connectivity index (χ0n) is 16.2. The molecule has 0 aliphatic heterocycles. The SMILES string of the molecule is CC1CCC(C(C)C)C(OC2=Cc3ccccc3Cc3ccccc32)C1. The summed E-state index contributed by atoms with van der Waals surface area (Å²) in [6.07, 6.45) is 7.37. The quantitative estimate of drug-likeness (QED) is 0.611. The molecule has 0 radical (unpaired) electrons. The van der Waals surface area contributed by atoms with E-state index in [0.717, 1.165) is 18.1 Å². The van der Waals surface area contributed by atoms with Crippen molar-refractivity contribution in [1.82, 2.24) is 0 Å². The first-order valence-electron chi connectivity index (χ1n) is 10.2. The molecule has 1 nitrogen and oxygen atoms in total. The van der Waals surface area contributed by atoms with Crippen LogP contribution in [0.25, 0.3) is 11.8 Å². The number of ether oxygens (including phenoxy) is 1. The standard InChI is InChI=1S/C25H30O/c1-17(2)22-13-12-18(3)14-24(22)26-25-16-20-9-5-4-8-19(20)15-21-10-6-7-11-23(21)25/h4-11,16-18,22,24H,12-15H2,1-3H3. The maximum atomic E-state index is 6.80. The lowest BCUT2D eigenvalue weighted by molar-refractivity contribution is 0.0265. The monoisotopic (exact) mass is 346 g/mol. The first-order chi connectivity index (χ1) is 12.6. The van der Waals surface area contributed by atoms with Gasteiger partial charge in [-0.25, -0.2) is 0 Å². The van der Waals surface area contributed by atoms with Crippen LogP contribution in [-0.4, -0.2) is 6.10 Å². The second-order valence-electron chi connectivity index (χ2n) is 8.52. The zero-order valence-corrected chi connectivity index (χ0v) is 16.2. The summed E-state index contributed by atoms with van der Waals surface area (Å²) in [5, 5.41) is 0. The van der Waals surface area contributed by atoms with E-state index in [-0.39, 0.29) is 0 Å². The van der Waals surface area contributed by atoms with Gasteiger partial charge >= 0.3 is 0 Å². The van der Waals surface area contributed by atoms with Crippen LogP contribution in [0.2, 0.25) is 0 Å². The third-order valence-corrected chi connectivity index (χ3v) is 6.25. The molecule has 1 fully saturated rings. The number of benzene rings is 2. The Morgan fingerprint density at radius 3 is 2.46 bits per heavy atom. The van der Waals surface area contributed by atoms with Crippen LogP contribution in [0.5, 0.6) is 0 Å². The van der Waals surface area contributed by atoms with Crippen LogP contribution in [0, 0.1) is 17.8 Å². The minimum Gasteiger partial charge on any atom is -0.489 e. The van der Waals surface area contributed by atoms with Crippen molar-refractivity contribution in [2.45, 2.75) is 52.6 Å². The Balaban J connectivity index is 1.73. The highest BCUT2D eigenvalue weighted by Gasteiger charge is 2.33. The van der Waals surface area contributed by atoms with Crippen LogP contribution in [0.3, 0.4) is 0 Å². The van der Waals surface area contributed by atoms with E-state index < -0.39 is 0 Å².